The first-order chi connectivity index (χ1) is 9.47. The molecule has 118 valence electrons. The predicted molar refractivity (Wildman–Crippen MR) is 81.5 cm³/mol. The average molecular weight is 285 g/mol. The van der Waals surface area contributed by atoms with Crippen LogP contribution in [0.3, 0.4) is 0 Å². The number of carbonyl (C=O) groups excluding carboxylic acids is 1. The Labute approximate surface area is 123 Å². The smallest absolute Gasteiger partial charge is 0.238 e. The van der Waals surface area contributed by atoms with Gasteiger partial charge in [-0.1, -0.05) is 13.3 Å². The molecule has 1 saturated carbocycles. The molecule has 5 nitrogen and oxygen atoms in total. The molecule has 0 aromatic heterocycles. The van der Waals surface area contributed by atoms with Gasteiger partial charge >= 0.3 is 0 Å². The maximum absolute atomic E-state index is 11.9. The van der Waals surface area contributed by atoms with E-state index >= 15 is 0 Å². The summed E-state index contributed by atoms with van der Waals surface area (Å²) in [4.78, 5) is 14.2. The van der Waals surface area contributed by atoms with E-state index in [4.69, 9.17) is 10.5 Å². The fourth-order valence-corrected chi connectivity index (χ4v) is 3.38. The van der Waals surface area contributed by atoms with Gasteiger partial charge in [0.25, 0.3) is 0 Å². The Kier molecular flexibility index (Phi) is 6.92. The number of nitrogens with zero attached hydrogens (tertiary/aromatic N) is 1. The van der Waals surface area contributed by atoms with Gasteiger partial charge in [-0.3, -0.25) is 4.79 Å². The number of likely N-dealkylation sites (N-methyl/N-ethyl adjacent to an activating group) is 2. The first kappa shape index (κ1) is 17.4. The van der Waals surface area contributed by atoms with Crippen LogP contribution in [0.4, 0.5) is 0 Å². The molecule has 1 fully saturated rings. The van der Waals surface area contributed by atoms with E-state index in [1.54, 1.807) is 7.11 Å². The highest BCUT2D eigenvalue weighted by molar-refractivity contribution is 5.85. The molecule has 1 aliphatic carbocycles. The number of hydrogen-bond donors (Lipinski definition) is 2. The Morgan fingerprint density at radius 3 is 2.85 bits per heavy atom. The van der Waals surface area contributed by atoms with Gasteiger partial charge in [0, 0.05) is 13.2 Å². The zero-order chi connectivity index (χ0) is 15.2. The molecule has 0 aromatic carbocycles. The van der Waals surface area contributed by atoms with Gasteiger partial charge in [0.05, 0.1) is 6.61 Å². The molecule has 3 atom stereocenters. The molecule has 0 radical (unpaired) electrons. The summed E-state index contributed by atoms with van der Waals surface area (Å²) in [5.41, 5.74) is 5.20. The number of hydrogen-bond acceptors (Lipinski definition) is 4. The lowest BCUT2D eigenvalue weighted by atomic mass is 9.83. The molecule has 0 saturated heterocycles. The molecule has 5 heteroatoms. The van der Waals surface area contributed by atoms with Crippen LogP contribution in [0, 0.1) is 5.92 Å². The van der Waals surface area contributed by atoms with Gasteiger partial charge in [-0.25, -0.2) is 0 Å². The van der Waals surface area contributed by atoms with E-state index in [0.29, 0.717) is 12.0 Å². The third kappa shape index (κ3) is 3.93. The Morgan fingerprint density at radius 2 is 2.30 bits per heavy atom. The minimum atomic E-state index is -0.486. The minimum absolute atomic E-state index is 0.186. The second-order valence-corrected chi connectivity index (χ2v) is 6.03. The molecule has 1 aliphatic rings. The van der Waals surface area contributed by atoms with E-state index in [2.05, 4.69) is 24.2 Å². The zero-order valence-corrected chi connectivity index (χ0v) is 13.4. The van der Waals surface area contributed by atoms with Crippen LogP contribution in [0.1, 0.15) is 39.5 Å². The highest BCUT2D eigenvalue weighted by atomic mass is 16.5. The second-order valence-electron chi connectivity index (χ2n) is 6.03. The molecule has 3 N–H and O–H groups in total. The molecule has 0 aromatic rings. The van der Waals surface area contributed by atoms with E-state index in [-0.39, 0.29) is 5.91 Å². The molecule has 3 unspecified atom stereocenters. The third-order valence-corrected chi connectivity index (χ3v) is 4.74. The summed E-state index contributed by atoms with van der Waals surface area (Å²) < 4.78 is 5.19. The van der Waals surface area contributed by atoms with Gasteiger partial charge < -0.3 is 20.7 Å². The van der Waals surface area contributed by atoms with Gasteiger partial charge in [-0.05, 0) is 52.2 Å². The van der Waals surface area contributed by atoms with Gasteiger partial charge in [0.1, 0.15) is 5.54 Å². The van der Waals surface area contributed by atoms with Crippen LogP contribution in [-0.4, -0.2) is 56.2 Å². The van der Waals surface area contributed by atoms with Gasteiger partial charge in [-0.2, -0.15) is 0 Å². The van der Waals surface area contributed by atoms with Crippen LogP contribution in [-0.2, 0) is 9.53 Å². The average Bonchev–Trinajstić information content (AvgIpc) is 2.81. The van der Waals surface area contributed by atoms with E-state index in [1.807, 2.05) is 6.92 Å². The molecule has 1 rings (SSSR count). The Bertz CT molecular complexity index is 311. The molecule has 0 aliphatic heterocycles. The van der Waals surface area contributed by atoms with Crippen molar-refractivity contribution in [1.82, 2.24) is 10.2 Å². The number of rotatable bonds is 9. The van der Waals surface area contributed by atoms with Crippen molar-refractivity contribution in [2.75, 3.05) is 33.9 Å². The molecule has 0 bridgehead atoms. The van der Waals surface area contributed by atoms with Crippen molar-refractivity contribution in [1.29, 1.82) is 0 Å². The van der Waals surface area contributed by atoms with E-state index in [1.165, 1.54) is 0 Å². The Morgan fingerprint density at radius 1 is 1.60 bits per heavy atom. The normalized spacial score (nSPS) is 27.9. The van der Waals surface area contributed by atoms with E-state index < -0.39 is 5.54 Å². The summed E-state index contributed by atoms with van der Waals surface area (Å²) in [6.45, 7) is 6.68. The molecule has 0 spiro atoms. The van der Waals surface area contributed by atoms with Crippen LogP contribution < -0.4 is 11.1 Å². The fraction of sp³-hybridized carbons (Fsp3) is 0.933. The van der Waals surface area contributed by atoms with Gasteiger partial charge in [0.15, 0.2) is 0 Å². The van der Waals surface area contributed by atoms with Crippen LogP contribution in [0.25, 0.3) is 0 Å². The van der Waals surface area contributed by atoms with Crippen molar-refractivity contribution in [3.8, 4) is 0 Å². The number of nitrogens with two attached hydrogens (primary N) is 1. The van der Waals surface area contributed by atoms with Crippen LogP contribution in [0.15, 0.2) is 0 Å². The second kappa shape index (κ2) is 7.96. The lowest BCUT2D eigenvalue weighted by Crippen LogP contribution is -2.58. The van der Waals surface area contributed by atoms with Crippen molar-refractivity contribution >= 4 is 5.91 Å². The summed E-state index contributed by atoms with van der Waals surface area (Å²) in [7, 11) is 3.84. The lowest BCUT2D eigenvalue weighted by Gasteiger charge is -2.35. The minimum Gasteiger partial charge on any atom is -0.383 e. The maximum atomic E-state index is 11.9. The van der Waals surface area contributed by atoms with Crippen LogP contribution >= 0.6 is 0 Å². The van der Waals surface area contributed by atoms with Crippen molar-refractivity contribution in [3.63, 3.8) is 0 Å². The first-order valence-corrected chi connectivity index (χ1v) is 7.72. The summed E-state index contributed by atoms with van der Waals surface area (Å²) in [6.07, 6.45) is 4.04. The zero-order valence-electron chi connectivity index (χ0n) is 13.4. The largest absolute Gasteiger partial charge is 0.383 e. The standard InChI is InChI=1S/C15H31N3O2/c1-5-17-15(14(16)19)9-6-7-13(15)8-10-18(3)12(2)11-20-4/h12-13,17H,5-11H2,1-4H3,(H2,16,19). The van der Waals surface area contributed by atoms with Gasteiger partial charge in [-0.15, -0.1) is 0 Å². The fourth-order valence-electron chi connectivity index (χ4n) is 3.38. The highest BCUT2D eigenvalue weighted by Crippen LogP contribution is 2.38. The van der Waals surface area contributed by atoms with Crippen LogP contribution in [0.2, 0.25) is 0 Å². The van der Waals surface area contributed by atoms with Crippen molar-refractivity contribution in [2.45, 2.75) is 51.1 Å². The van der Waals surface area contributed by atoms with Crippen LogP contribution in [0.5, 0.6) is 0 Å². The number of ether oxygens (including phenoxy) is 1. The number of methoxy groups -OCH3 is 1. The highest BCUT2D eigenvalue weighted by Gasteiger charge is 2.46. The Balaban J connectivity index is 2.59. The molecular formula is C15H31N3O2. The molecular weight excluding hydrogens is 254 g/mol. The summed E-state index contributed by atoms with van der Waals surface area (Å²) >= 11 is 0. The molecule has 0 heterocycles. The molecule has 1 amide bonds. The Hall–Kier alpha value is -0.650. The maximum Gasteiger partial charge on any atom is 0.238 e. The van der Waals surface area contributed by atoms with Crippen molar-refractivity contribution < 1.29 is 9.53 Å². The first-order valence-electron chi connectivity index (χ1n) is 7.72. The number of carbonyl (C=O) groups is 1. The van der Waals surface area contributed by atoms with E-state index in [9.17, 15) is 4.79 Å². The van der Waals surface area contributed by atoms with Crippen molar-refractivity contribution in [2.24, 2.45) is 11.7 Å². The number of primary amides is 1. The SMILES string of the molecule is CCNC1(C(N)=O)CCCC1CCN(C)C(C)COC. The third-order valence-electron chi connectivity index (χ3n) is 4.74. The van der Waals surface area contributed by atoms with Gasteiger partial charge in [0.2, 0.25) is 5.91 Å². The summed E-state index contributed by atoms with van der Waals surface area (Å²) in [5.74, 6) is 0.159. The molecule has 20 heavy (non-hydrogen) atoms. The quantitative estimate of drug-likeness (QED) is 0.662. The predicted octanol–water partition coefficient (Wildman–Crippen LogP) is 0.977. The lowest BCUT2D eigenvalue weighted by molar-refractivity contribution is -0.126. The monoisotopic (exact) mass is 285 g/mol. The summed E-state index contributed by atoms with van der Waals surface area (Å²) in [5, 5.41) is 3.37. The number of amides is 1. The summed E-state index contributed by atoms with van der Waals surface area (Å²) in [6, 6.07) is 0.392. The van der Waals surface area contributed by atoms with E-state index in [0.717, 1.165) is 45.4 Å². The van der Waals surface area contributed by atoms with Crippen molar-refractivity contribution in [3.05, 3.63) is 0 Å². The number of nitrogens with one attached hydrogen (secondary N) is 1. The topological polar surface area (TPSA) is 67.6 Å².